The molecule has 1 heterocycles. The number of fused-ring (bicyclic) bond motifs is 1. The van der Waals surface area contributed by atoms with Crippen molar-refractivity contribution in [3.63, 3.8) is 0 Å². The Kier molecular flexibility index (Phi) is 9.04. The lowest BCUT2D eigenvalue weighted by Gasteiger charge is -2.10. The average molecular weight is 771 g/mol. The molecule has 5 rings (SSSR count). The smallest absolute Gasteiger partial charge is 0.343 e. The fourth-order valence-electron chi connectivity index (χ4n) is 4.34. The Hall–Kier alpha value is -4.33. The Morgan fingerprint density at radius 1 is 0.977 bits per heavy atom. The second kappa shape index (κ2) is 12.9. The Labute approximate surface area is 269 Å². The van der Waals surface area contributed by atoms with E-state index in [4.69, 9.17) is 9.47 Å². The summed E-state index contributed by atoms with van der Waals surface area (Å²) in [7, 11) is 1.55. The monoisotopic (exact) mass is 768 g/mol. The molecule has 0 unspecified atom stereocenters. The molecule has 0 fully saturated rings. The van der Waals surface area contributed by atoms with Gasteiger partial charge in [-0.15, -0.1) is 0 Å². The van der Waals surface area contributed by atoms with Gasteiger partial charge in [0.1, 0.15) is 11.4 Å². The highest BCUT2D eigenvalue weighted by Crippen LogP contribution is 2.41. The molecule has 216 valence electrons. The highest BCUT2D eigenvalue weighted by molar-refractivity contribution is 9.11. The van der Waals surface area contributed by atoms with Crippen LogP contribution in [0.3, 0.4) is 0 Å². The molecule has 4 aromatic carbocycles. The zero-order valence-electron chi connectivity index (χ0n) is 22.1. The van der Waals surface area contributed by atoms with Crippen LogP contribution in [0.4, 0.5) is 5.69 Å². The number of esters is 1. The van der Waals surface area contributed by atoms with Gasteiger partial charge in [-0.3, -0.25) is 14.9 Å². The van der Waals surface area contributed by atoms with Crippen molar-refractivity contribution >= 4 is 82.5 Å². The fourth-order valence-corrected chi connectivity index (χ4v) is 6.21. The lowest BCUT2D eigenvalue weighted by atomic mass is 10.0. The summed E-state index contributed by atoms with van der Waals surface area (Å²) in [6.07, 6.45) is 1.34. The van der Waals surface area contributed by atoms with E-state index in [1.165, 1.54) is 30.5 Å². The number of nitro benzene ring substituents is 1. The number of non-ortho nitro benzene ring substituents is 1. The highest BCUT2D eigenvalue weighted by atomic mass is 79.9. The molecule has 0 aliphatic rings. The van der Waals surface area contributed by atoms with Crippen molar-refractivity contribution in [1.29, 1.82) is 0 Å². The predicted molar refractivity (Wildman–Crippen MR) is 173 cm³/mol. The number of nitrogens with one attached hydrogen (secondary N) is 2. The molecule has 0 spiro atoms. The number of rotatable bonds is 8. The molecule has 1 aromatic heterocycles. The van der Waals surface area contributed by atoms with Gasteiger partial charge in [0.05, 0.1) is 33.8 Å². The number of aromatic amines is 1. The third-order valence-corrected chi connectivity index (χ3v) is 8.00. The molecule has 0 saturated carbocycles. The van der Waals surface area contributed by atoms with Crippen LogP contribution < -0.4 is 14.9 Å². The molecule has 10 nitrogen and oxygen atoms in total. The minimum Gasteiger partial charge on any atom is -0.495 e. The number of benzene rings is 4. The molecular formula is C30H19Br3N4O6. The third-order valence-electron chi connectivity index (χ3n) is 6.29. The van der Waals surface area contributed by atoms with Crippen molar-refractivity contribution in [3.8, 4) is 22.6 Å². The standard InChI is InChI=1S/C30H19Br3N4O6/c1-42-23-12-11-21(32)25-24(16-5-3-2-4-6-16)27(35-26(23)25)29(38)36-34-15-18-13-19(31)14-22(33)28(18)43-30(39)17-7-9-20(10-8-17)37(40)41/h2-15,35H,1H3,(H,36,38). The SMILES string of the molecule is COc1ccc(Br)c2c(-c3ccccc3)c(C(=O)NN=Cc3cc(Br)cc(Br)c3OC(=O)c3ccc([N+](=O)[O-])cc3)[nH]c12. The van der Waals surface area contributed by atoms with Crippen molar-refractivity contribution in [3.05, 3.63) is 119 Å². The fraction of sp³-hybridized carbons (Fsp3) is 0.0333. The summed E-state index contributed by atoms with van der Waals surface area (Å²) in [4.78, 5) is 39.9. The number of ether oxygens (including phenoxy) is 2. The van der Waals surface area contributed by atoms with E-state index in [0.29, 0.717) is 31.3 Å². The largest absolute Gasteiger partial charge is 0.495 e. The molecule has 0 aliphatic heterocycles. The summed E-state index contributed by atoms with van der Waals surface area (Å²) in [6.45, 7) is 0. The van der Waals surface area contributed by atoms with E-state index in [-0.39, 0.29) is 22.7 Å². The number of nitrogens with zero attached hydrogens (tertiary/aromatic N) is 2. The van der Waals surface area contributed by atoms with Gasteiger partial charge in [-0.1, -0.05) is 62.2 Å². The van der Waals surface area contributed by atoms with Gasteiger partial charge in [0.25, 0.3) is 11.6 Å². The minimum absolute atomic E-state index is 0.116. The van der Waals surface area contributed by atoms with Crippen LogP contribution in [0.1, 0.15) is 26.4 Å². The number of methoxy groups -OCH3 is 1. The number of carbonyl (C=O) groups excluding carboxylic acids is 2. The van der Waals surface area contributed by atoms with Crippen molar-refractivity contribution < 1.29 is 24.0 Å². The van der Waals surface area contributed by atoms with E-state index >= 15 is 0 Å². The topological polar surface area (TPSA) is 136 Å². The number of aromatic nitrogens is 1. The molecule has 5 aromatic rings. The van der Waals surface area contributed by atoms with E-state index in [1.807, 2.05) is 36.4 Å². The number of hydrogen-bond acceptors (Lipinski definition) is 7. The Morgan fingerprint density at radius 3 is 2.37 bits per heavy atom. The van der Waals surface area contributed by atoms with Gasteiger partial charge in [0.2, 0.25) is 0 Å². The van der Waals surface area contributed by atoms with Crippen LogP contribution in [0, 0.1) is 10.1 Å². The van der Waals surface area contributed by atoms with Gasteiger partial charge in [0.15, 0.2) is 5.75 Å². The third kappa shape index (κ3) is 6.38. The van der Waals surface area contributed by atoms with Crippen LogP contribution in [0.5, 0.6) is 11.5 Å². The van der Waals surface area contributed by atoms with Crippen molar-refractivity contribution in [2.24, 2.45) is 5.10 Å². The Bertz CT molecular complexity index is 1910. The minimum atomic E-state index is -0.735. The first-order valence-corrected chi connectivity index (χ1v) is 14.8. The molecule has 0 saturated heterocycles. The van der Waals surface area contributed by atoms with Gasteiger partial charge in [-0.2, -0.15) is 5.10 Å². The summed E-state index contributed by atoms with van der Waals surface area (Å²) in [5.74, 6) is -0.550. The molecule has 0 atom stereocenters. The first-order valence-electron chi connectivity index (χ1n) is 12.4. The van der Waals surface area contributed by atoms with Crippen LogP contribution >= 0.6 is 47.8 Å². The number of halogens is 3. The number of hydrazone groups is 1. The van der Waals surface area contributed by atoms with Crippen LogP contribution in [0.2, 0.25) is 0 Å². The molecule has 0 aliphatic carbocycles. The van der Waals surface area contributed by atoms with Crippen molar-refractivity contribution in [1.82, 2.24) is 10.4 Å². The number of nitro groups is 1. The van der Waals surface area contributed by atoms with Crippen LogP contribution in [-0.2, 0) is 0 Å². The Balaban J connectivity index is 1.45. The van der Waals surface area contributed by atoms with Gasteiger partial charge in [-0.05, 0) is 57.9 Å². The van der Waals surface area contributed by atoms with E-state index in [1.54, 1.807) is 25.3 Å². The summed E-state index contributed by atoms with van der Waals surface area (Å²) in [5.41, 5.74) is 5.26. The number of H-pyrrole nitrogens is 1. The predicted octanol–water partition coefficient (Wildman–Crippen LogP) is 8.02. The number of carbonyl (C=O) groups is 2. The molecular weight excluding hydrogens is 752 g/mol. The number of amides is 1. The van der Waals surface area contributed by atoms with Crippen LogP contribution in [0.25, 0.3) is 22.0 Å². The van der Waals surface area contributed by atoms with Gasteiger partial charge >= 0.3 is 5.97 Å². The molecule has 1 amide bonds. The second-order valence-electron chi connectivity index (χ2n) is 8.94. The van der Waals surface area contributed by atoms with E-state index in [2.05, 4.69) is 63.3 Å². The first kappa shape index (κ1) is 30.1. The molecule has 43 heavy (non-hydrogen) atoms. The average Bonchev–Trinajstić information content (AvgIpc) is 3.41. The highest BCUT2D eigenvalue weighted by Gasteiger charge is 2.23. The van der Waals surface area contributed by atoms with Crippen LogP contribution in [-0.4, -0.2) is 35.1 Å². The molecule has 0 radical (unpaired) electrons. The number of hydrogen-bond donors (Lipinski definition) is 2. The maximum absolute atomic E-state index is 13.5. The first-order chi connectivity index (χ1) is 20.7. The maximum atomic E-state index is 13.5. The molecule has 2 N–H and O–H groups in total. The van der Waals surface area contributed by atoms with Crippen LogP contribution in [0.15, 0.2) is 97.4 Å². The zero-order chi connectivity index (χ0) is 30.7. The van der Waals surface area contributed by atoms with Gasteiger partial charge in [-0.25, -0.2) is 10.2 Å². The van der Waals surface area contributed by atoms with Crippen molar-refractivity contribution in [2.45, 2.75) is 0 Å². The zero-order valence-corrected chi connectivity index (χ0v) is 26.8. The van der Waals surface area contributed by atoms with Gasteiger partial charge < -0.3 is 14.5 Å². The van der Waals surface area contributed by atoms with E-state index in [9.17, 15) is 19.7 Å². The summed E-state index contributed by atoms with van der Waals surface area (Å²) >= 11 is 10.4. The molecule has 0 bridgehead atoms. The Morgan fingerprint density at radius 2 is 1.70 bits per heavy atom. The lowest BCUT2D eigenvalue weighted by molar-refractivity contribution is -0.384. The van der Waals surface area contributed by atoms with Crippen molar-refractivity contribution in [2.75, 3.05) is 7.11 Å². The normalized spacial score (nSPS) is 11.1. The second-order valence-corrected chi connectivity index (χ2v) is 11.6. The van der Waals surface area contributed by atoms with E-state index < -0.39 is 16.8 Å². The maximum Gasteiger partial charge on any atom is 0.343 e. The van der Waals surface area contributed by atoms with E-state index in [0.717, 1.165) is 15.4 Å². The lowest BCUT2D eigenvalue weighted by Crippen LogP contribution is -2.19. The summed E-state index contributed by atoms with van der Waals surface area (Å²) in [5, 5.41) is 15.9. The summed E-state index contributed by atoms with van der Waals surface area (Å²) < 4.78 is 13.0. The summed E-state index contributed by atoms with van der Waals surface area (Å²) in [6, 6.07) is 21.5. The molecule has 13 heteroatoms. The van der Waals surface area contributed by atoms with Gasteiger partial charge in [0, 0.05) is 37.6 Å². The quantitative estimate of drug-likeness (QED) is 0.0540.